The summed E-state index contributed by atoms with van der Waals surface area (Å²) in [4.78, 5) is 13.1. The van der Waals surface area contributed by atoms with Gasteiger partial charge in [-0.3, -0.25) is 9.00 Å². The Labute approximate surface area is 185 Å². The minimum atomic E-state index is -2.24. The van der Waals surface area contributed by atoms with Gasteiger partial charge in [0.1, 0.15) is 0 Å². The average molecular weight is 463 g/mol. The van der Waals surface area contributed by atoms with E-state index in [1.54, 1.807) is 38.1 Å². The number of aromatic nitrogens is 2. The van der Waals surface area contributed by atoms with E-state index < -0.39 is 33.9 Å². The lowest BCUT2D eigenvalue weighted by Crippen LogP contribution is -2.26. The molecule has 0 aliphatic heterocycles. The zero-order chi connectivity index (χ0) is 23.5. The fourth-order valence-electron chi connectivity index (χ4n) is 2.90. The van der Waals surface area contributed by atoms with Gasteiger partial charge in [-0.05, 0) is 37.1 Å². The second kappa shape index (κ2) is 9.68. The van der Waals surface area contributed by atoms with Crippen LogP contribution in [0.1, 0.15) is 25.8 Å². The highest BCUT2D eigenvalue weighted by molar-refractivity contribution is 7.78. The van der Waals surface area contributed by atoms with E-state index in [2.05, 4.69) is 5.10 Å². The average Bonchev–Trinajstić information content (AvgIpc) is 2.71. The summed E-state index contributed by atoms with van der Waals surface area (Å²) >= 11 is -2.24. The maximum Gasteiger partial charge on any atom is 0.314 e. The van der Waals surface area contributed by atoms with E-state index in [1.165, 1.54) is 12.3 Å². The second-order valence-electron chi connectivity index (χ2n) is 7.76. The first-order valence-corrected chi connectivity index (χ1v) is 10.9. The predicted octanol–water partition coefficient (Wildman–Crippen LogP) is 3.10. The quantitative estimate of drug-likeness (QED) is 0.515. The summed E-state index contributed by atoms with van der Waals surface area (Å²) in [5.74, 6) is -2.42. The third-order valence-electron chi connectivity index (χ3n) is 4.59. The van der Waals surface area contributed by atoms with Crippen molar-refractivity contribution in [2.45, 2.75) is 31.6 Å². The molecule has 0 radical (unpaired) electrons. The van der Waals surface area contributed by atoms with Gasteiger partial charge in [-0.1, -0.05) is 35.3 Å². The van der Waals surface area contributed by atoms with Crippen LogP contribution in [0.3, 0.4) is 0 Å². The van der Waals surface area contributed by atoms with Crippen LogP contribution in [0.5, 0.6) is 5.75 Å². The minimum Gasteiger partial charge on any atom is -0.772 e. The lowest BCUT2D eigenvalue weighted by molar-refractivity contribution is 0.0551. The molecule has 0 aliphatic carbocycles. The van der Waals surface area contributed by atoms with E-state index in [0.717, 1.165) is 16.8 Å². The third kappa shape index (κ3) is 5.84. The zero-order valence-corrected chi connectivity index (χ0v) is 18.2. The molecule has 0 amide bonds. The van der Waals surface area contributed by atoms with Crippen molar-refractivity contribution in [1.82, 2.24) is 9.78 Å². The Morgan fingerprint density at radius 3 is 2.44 bits per heavy atom. The van der Waals surface area contributed by atoms with E-state index in [4.69, 9.17) is 4.74 Å². The van der Waals surface area contributed by atoms with Crippen molar-refractivity contribution in [1.29, 1.82) is 0 Å². The molecule has 1 aromatic heterocycles. The molecule has 0 saturated heterocycles. The smallest absolute Gasteiger partial charge is 0.314 e. The van der Waals surface area contributed by atoms with Gasteiger partial charge >= 0.3 is 5.56 Å². The SMILES string of the molecule is CC(C)(O)CCOc1c(-c2ccc(CS(=O)[O-])cc2)cnn(-c2ccc(F)c(F)c2)c1=O. The topological polar surface area (TPSA) is 104 Å². The predicted molar refractivity (Wildman–Crippen MR) is 114 cm³/mol. The summed E-state index contributed by atoms with van der Waals surface area (Å²) in [5.41, 5.74) is -0.267. The summed E-state index contributed by atoms with van der Waals surface area (Å²) in [6, 6.07) is 9.42. The van der Waals surface area contributed by atoms with Gasteiger partial charge in [0.05, 0.1) is 24.1 Å². The summed E-state index contributed by atoms with van der Waals surface area (Å²) in [5, 5.41) is 14.0. The molecule has 3 aromatic rings. The Hall–Kier alpha value is -2.95. The van der Waals surface area contributed by atoms with Crippen molar-refractivity contribution in [3.63, 3.8) is 0 Å². The molecule has 170 valence electrons. The Morgan fingerprint density at radius 1 is 1.16 bits per heavy atom. The molecule has 1 N–H and O–H groups in total. The second-order valence-corrected chi connectivity index (χ2v) is 8.65. The third-order valence-corrected chi connectivity index (χ3v) is 5.16. The molecular formula is C22H21F2N2O5S-. The largest absolute Gasteiger partial charge is 0.772 e. The number of halogens is 2. The van der Waals surface area contributed by atoms with Gasteiger partial charge in [0, 0.05) is 23.8 Å². The zero-order valence-electron chi connectivity index (χ0n) is 17.4. The number of rotatable bonds is 8. The number of benzene rings is 2. The van der Waals surface area contributed by atoms with Crippen molar-refractivity contribution in [2.75, 3.05) is 6.61 Å². The minimum absolute atomic E-state index is 0.0147. The van der Waals surface area contributed by atoms with Gasteiger partial charge in [-0.25, -0.2) is 8.78 Å². The Balaban J connectivity index is 2.05. The highest BCUT2D eigenvalue weighted by Gasteiger charge is 2.19. The fraction of sp³-hybridized carbons (Fsp3) is 0.273. The number of nitrogens with zero attached hydrogens (tertiary/aromatic N) is 2. The molecule has 2 aromatic carbocycles. The number of hydrogen-bond acceptors (Lipinski definition) is 6. The highest BCUT2D eigenvalue weighted by atomic mass is 32.2. The van der Waals surface area contributed by atoms with Gasteiger partial charge in [-0.2, -0.15) is 9.78 Å². The number of hydrogen-bond donors (Lipinski definition) is 1. The summed E-state index contributed by atoms with van der Waals surface area (Å²) in [7, 11) is 0. The van der Waals surface area contributed by atoms with Gasteiger partial charge in [0.2, 0.25) is 0 Å². The van der Waals surface area contributed by atoms with E-state index in [9.17, 15) is 27.4 Å². The molecule has 3 rings (SSSR count). The lowest BCUT2D eigenvalue weighted by atomic mass is 10.1. The van der Waals surface area contributed by atoms with Crippen LogP contribution in [-0.2, 0) is 16.8 Å². The van der Waals surface area contributed by atoms with E-state index in [0.29, 0.717) is 16.7 Å². The van der Waals surface area contributed by atoms with Crippen LogP contribution in [0.2, 0.25) is 0 Å². The first-order valence-electron chi connectivity index (χ1n) is 9.63. The van der Waals surface area contributed by atoms with Crippen molar-refractivity contribution in [3.8, 4) is 22.6 Å². The monoisotopic (exact) mass is 463 g/mol. The normalized spacial score (nSPS) is 12.6. The van der Waals surface area contributed by atoms with Gasteiger partial charge < -0.3 is 14.4 Å². The summed E-state index contributed by atoms with van der Waals surface area (Å²) in [6.07, 6.45) is 1.58. The van der Waals surface area contributed by atoms with E-state index >= 15 is 0 Å². The summed E-state index contributed by atoms with van der Waals surface area (Å²) < 4.78 is 55.4. The van der Waals surface area contributed by atoms with Crippen LogP contribution in [0.15, 0.2) is 53.5 Å². The molecule has 0 fully saturated rings. The van der Waals surface area contributed by atoms with Crippen molar-refractivity contribution >= 4 is 11.1 Å². The van der Waals surface area contributed by atoms with E-state index in [1.807, 2.05) is 0 Å². The van der Waals surface area contributed by atoms with Crippen LogP contribution < -0.4 is 10.3 Å². The van der Waals surface area contributed by atoms with Gasteiger partial charge in [0.15, 0.2) is 17.4 Å². The first-order chi connectivity index (χ1) is 15.0. The van der Waals surface area contributed by atoms with Crippen LogP contribution in [0.4, 0.5) is 8.78 Å². The molecule has 0 spiro atoms. The molecule has 0 bridgehead atoms. The van der Waals surface area contributed by atoms with Crippen LogP contribution >= 0.6 is 0 Å². The van der Waals surface area contributed by atoms with Gasteiger partial charge in [-0.15, -0.1) is 0 Å². The Bertz CT molecular complexity index is 1190. The molecule has 32 heavy (non-hydrogen) atoms. The first kappa shape index (κ1) is 23.7. The van der Waals surface area contributed by atoms with E-state index in [-0.39, 0.29) is 30.2 Å². The molecular weight excluding hydrogens is 442 g/mol. The van der Waals surface area contributed by atoms with Crippen LogP contribution in [0.25, 0.3) is 16.8 Å². The Morgan fingerprint density at radius 2 is 1.84 bits per heavy atom. The fourth-order valence-corrected chi connectivity index (χ4v) is 3.37. The number of aliphatic hydroxyl groups is 1. The standard InChI is InChI=1S/C22H22F2N2O5S/c1-22(2,28)9-10-31-20-17(15-5-3-14(4-6-15)13-32(29)30)12-25-26(21(20)27)16-7-8-18(23)19(24)11-16/h3-8,11-12,28H,9-10,13H2,1-2H3,(H,29,30)/p-1. The summed E-state index contributed by atoms with van der Waals surface area (Å²) in [6.45, 7) is 3.21. The van der Waals surface area contributed by atoms with Crippen molar-refractivity contribution in [2.24, 2.45) is 0 Å². The molecule has 0 aliphatic rings. The van der Waals surface area contributed by atoms with Crippen molar-refractivity contribution in [3.05, 3.63) is 76.2 Å². The highest BCUT2D eigenvalue weighted by Crippen LogP contribution is 2.28. The van der Waals surface area contributed by atoms with Crippen LogP contribution in [0, 0.1) is 11.6 Å². The molecule has 1 heterocycles. The molecule has 1 unspecified atom stereocenters. The van der Waals surface area contributed by atoms with Gasteiger partial charge in [0.25, 0.3) is 0 Å². The number of ether oxygens (including phenoxy) is 1. The lowest BCUT2D eigenvalue weighted by Gasteiger charge is -2.18. The Kier molecular flexibility index (Phi) is 7.17. The van der Waals surface area contributed by atoms with Crippen LogP contribution in [-0.4, -0.2) is 35.9 Å². The molecule has 1 atom stereocenters. The molecule has 7 nitrogen and oxygen atoms in total. The maximum absolute atomic E-state index is 13.7. The molecule has 0 saturated carbocycles. The maximum atomic E-state index is 13.7. The van der Waals surface area contributed by atoms with Crippen molar-refractivity contribution < 1.29 is 27.4 Å². The molecule has 10 heteroatoms.